The average Bonchev–Trinajstić information content (AvgIpc) is 2.37. The molecule has 0 saturated heterocycles. The van der Waals surface area contributed by atoms with Crippen LogP contribution in [0.15, 0.2) is 29.1 Å². The van der Waals surface area contributed by atoms with Crippen molar-refractivity contribution in [2.75, 3.05) is 0 Å². The van der Waals surface area contributed by atoms with Gasteiger partial charge in [0.05, 0.1) is 0 Å². The molecule has 3 nitrogen and oxygen atoms in total. The highest BCUT2D eigenvalue weighted by Crippen LogP contribution is 2.25. The Morgan fingerprint density at radius 1 is 1.32 bits per heavy atom. The lowest BCUT2D eigenvalue weighted by Crippen LogP contribution is -2.13. The van der Waals surface area contributed by atoms with Crippen LogP contribution in [0.25, 0.3) is 11.1 Å². The molecule has 0 fully saturated rings. The van der Waals surface area contributed by atoms with Gasteiger partial charge in [-0.05, 0) is 25.1 Å². The minimum Gasteiger partial charge on any atom is -0.325 e. The Hall–Kier alpha value is -2.85. The van der Waals surface area contributed by atoms with E-state index in [0.29, 0.717) is 11.3 Å². The van der Waals surface area contributed by atoms with Gasteiger partial charge in [-0.3, -0.25) is 4.79 Å². The van der Waals surface area contributed by atoms with Crippen LogP contribution in [0.1, 0.15) is 16.8 Å². The van der Waals surface area contributed by atoms with Crippen molar-refractivity contribution in [3.63, 3.8) is 0 Å². The van der Waals surface area contributed by atoms with E-state index >= 15 is 0 Å². The number of hydrogen-bond donors (Lipinski definition) is 1. The molecule has 1 N–H and O–H groups in total. The van der Waals surface area contributed by atoms with E-state index in [1.807, 2.05) is 0 Å². The van der Waals surface area contributed by atoms with Crippen LogP contribution in [0.3, 0.4) is 0 Å². The summed E-state index contributed by atoms with van der Waals surface area (Å²) in [6.45, 7) is 1.67. The number of nitriles is 1. The Morgan fingerprint density at radius 3 is 2.63 bits per heavy atom. The topological polar surface area (TPSA) is 56.6 Å². The molecule has 1 heterocycles. The summed E-state index contributed by atoms with van der Waals surface area (Å²) < 4.78 is 14.0. The zero-order chi connectivity index (χ0) is 14.0. The van der Waals surface area contributed by atoms with Gasteiger partial charge in [-0.1, -0.05) is 12.0 Å². The number of H-pyrrole nitrogens is 1. The second-order valence-corrected chi connectivity index (χ2v) is 4.02. The molecule has 2 aromatic rings. The van der Waals surface area contributed by atoms with Gasteiger partial charge < -0.3 is 4.98 Å². The fourth-order valence-electron chi connectivity index (χ4n) is 1.84. The number of nitrogens with one attached hydrogen (secondary N) is 1. The Bertz CT molecular complexity index is 791. The van der Waals surface area contributed by atoms with Crippen LogP contribution in [-0.2, 0) is 0 Å². The molecule has 0 atom stereocenters. The molecule has 1 aromatic heterocycles. The van der Waals surface area contributed by atoms with E-state index in [4.69, 9.17) is 11.7 Å². The van der Waals surface area contributed by atoms with Crippen LogP contribution in [-0.4, -0.2) is 4.98 Å². The van der Waals surface area contributed by atoms with E-state index in [2.05, 4.69) is 10.9 Å². The molecule has 0 aliphatic carbocycles. The normalized spacial score (nSPS) is 9.68. The lowest BCUT2D eigenvalue weighted by molar-refractivity contribution is 0.631. The van der Waals surface area contributed by atoms with E-state index in [-0.39, 0.29) is 16.7 Å². The van der Waals surface area contributed by atoms with Crippen molar-refractivity contribution < 1.29 is 4.39 Å². The molecule has 0 amide bonds. The molecule has 2 rings (SSSR count). The van der Waals surface area contributed by atoms with Crippen molar-refractivity contribution in [3.8, 4) is 29.5 Å². The smallest absolute Gasteiger partial charge is 0.266 e. The third-order valence-corrected chi connectivity index (χ3v) is 2.71. The standard InChI is InChI=1S/C15H9FN2O/c1-3-10-4-5-11(14(16)7-10)12-6-9(2)18-15(19)13(12)8-17/h1,4-7H,2H3,(H,18,19). The van der Waals surface area contributed by atoms with Crippen molar-refractivity contribution >= 4 is 0 Å². The molecule has 0 spiro atoms. The largest absolute Gasteiger partial charge is 0.325 e. The maximum Gasteiger partial charge on any atom is 0.266 e. The molecule has 0 radical (unpaired) electrons. The van der Waals surface area contributed by atoms with E-state index in [1.165, 1.54) is 12.1 Å². The first-order chi connectivity index (χ1) is 9.06. The number of halogens is 1. The van der Waals surface area contributed by atoms with Crippen molar-refractivity contribution in [1.29, 1.82) is 5.26 Å². The van der Waals surface area contributed by atoms with Crippen LogP contribution in [0.4, 0.5) is 4.39 Å². The van der Waals surface area contributed by atoms with Crippen molar-refractivity contribution in [2.45, 2.75) is 6.92 Å². The minimum atomic E-state index is -0.558. The van der Waals surface area contributed by atoms with E-state index in [1.54, 1.807) is 25.1 Å². The number of hydrogen-bond acceptors (Lipinski definition) is 2. The van der Waals surface area contributed by atoms with Crippen molar-refractivity contribution in [1.82, 2.24) is 4.98 Å². The molecular formula is C15H9FN2O. The summed E-state index contributed by atoms with van der Waals surface area (Å²) >= 11 is 0. The van der Waals surface area contributed by atoms with Gasteiger partial charge in [0, 0.05) is 22.4 Å². The lowest BCUT2D eigenvalue weighted by atomic mass is 9.99. The van der Waals surface area contributed by atoms with Gasteiger partial charge in [0.15, 0.2) is 0 Å². The highest BCUT2D eigenvalue weighted by Gasteiger charge is 2.13. The maximum absolute atomic E-state index is 14.0. The highest BCUT2D eigenvalue weighted by atomic mass is 19.1. The number of pyridine rings is 1. The summed E-state index contributed by atoms with van der Waals surface area (Å²) in [7, 11) is 0. The van der Waals surface area contributed by atoms with Crippen molar-refractivity contribution in [3.05, 3.63) is 57.3 Å². The monoisotopic (exact) mass is 252 g/mol. The second-order valence-electron chi connectivity index (χ2n) is 4.02. The molecule has 0 bridgehead atoms. The van der Waals surface area contributed by atoms with Gasteiger partial charge in [0.1, 0.15) is 17.4 Å². The van der Waals surface area contributed by atoms with Gasteiger partial charge >= 0.3 is 0 Å². The molecule has 0 aliphatic rings. The zero-order valence-electron chi connectivity index (χ0n) is 10.1. The van der Waals surface area contributed by atoms with Crippen LogP contribution in [0, 0.1) is 36.4 Å². The minimum absolute atomic E-state index is 0.113. The maximum atomic E-state index is 14.0. The van der Waals surface area contributed by atoms with Crippen LogP contribution < -0.4 is 5.56 Å². The number of nitrogens with zero attached hydrogens (tertiary/aromatic N) is 1. The molecule has 92 valence electrons. The molecule has 19 heavy (non-hydrogen) atoms. The number of rotatable bonds is 1. The predicted molar refractivity (Wildman–Crippen MR) is 69.8 cm³/mol. The Labute approximate surface area is 109 Å². The quantitative estimate of drug-likeness (QED) is 0.792. The molecule has 0 aliphatic heterocycles. The average molecular weight is 252 g/mol. The third kappa shape index (κ3) is 2.25. The molecule has 0 unspecified atom stereocenters. The van der Waals surface area contributed by atoms with Crippen molar-refractivity contribution in [2.24, 2.45) is 0 Å². The SMILES string of the molecule is C#Cc1ccc(-c2cc(C)[nH]c(=O)c2C#N)c(F)c1. The fourth-order valence-corrected chi connectivity index (χ4v) is 1.84. The van der Waals surface area contributed by atoms with Crippen LogP contribution in [0.2, 0.25) is 0 Å². The summed E-state index contributed by atoms with van der Waals surface area (Å²) in [6, 6.07) is 7.60. The Kier molecular flexibility index (Phi) is 3.18. The number of aromatic amines is 1. The van der Waals surface area contributed by atoms with Gasteiger partial charge in [-0.15, -0.1) is 6.42 Å². The number of terminal acetylenes is 1. The summed E-state index contributed by atoms with van der Waals surface area (Å²) in [4.78, 5) is 14.2. The summed E-state index contributed by atoms with van der Waals surface area (Å²) in [5.74, 6) is 1.77. The lowest BCUT2D eigenvalue weighted by Gasteiger charge is -2.07. The fraction of sp³-hybridized carbons (Fsp3) is 0.0667. The molecule has 4 heteroatoms. The Morgan fingerprint density at radius 2 is 2.05 bits per heavy atom. The summed E-state index contributed by atoms with van der Waals surface area (Å²) in [5, 5.41) is 9.02. The third-order valence-electron chi connectivity index (χ3n) is 2.71. The molecule has 0 saturated carbocycles. The summed E-state index contributed by atoms with van der Waals surface area (Å²) in [6.07, 6.45) is 5.19. The van der Waals surface area contributed by atoms with Gasteiger partial charge in [0.2, 0.25) is 0 Å². The van der Waals surface area contributed by atoms with E-state index in [9.17, 15) is 9.18 Å². The van der Waals surface area contributed by atoms with E-state index in [0.717, 1.165) is 0 Å². The molecular weight excluding hydrogens is 243 g/mol. The van der Waals surface area contributed by atoms with Gasteiger partial charge in [-0.25, -0.2) is 4.39 Å². The van der Waals surface area contributed by atoms with E-state index < -0.39 is 11.4 Å². The van der Waals surface area contributed by atoms with Crippen LogP contribution in [0.5, 0.6) is 0 Å². The van der Waals surface area contributed by atoms with Gasteiger partial charge in [0.25, 0.3) is 5.56 Å². The van der Waals surface area contributed by atoms with Gasteiger partial charge in [-0.2, -0.15) is 5.26 Å². The summed E-state index contributed by atoms with van der Waals surface area (Å²) in [5.41, 5.74) is 0.770. The first kappa shape index (κ1) is 12.6. The number of benzene rings is 1. The molecule has 1 aromatic carbocycles. The van der Waals surface area contributed by atoms with Crippen LogP contribution >= 0.6 is 0 Å². The predicted octanol–water partition coefficient (Wildman–Crippen LogP) is 2.34. The first-order valence-electron chi connectivity index (χ1n) is 5.47. The zero-order valence-corrected chi connectivity index (χ0v) is 10.1. The first-order valence-corrected chi connectivity index (χ1v) is 5.47. The Balaban J connectivity index is 2.77. The number of aryl methyl sites for hydroxylation is 1. The second kappa shape index (κ2) is 4.80. The highest BCUT2D eigenvalue weighted by molar-refractivity contribution is 5.71. The number of aromatic nitrogens is 1.